The van der Waals surface area contributed by atoms with Gasteiger partial charge >= 0.3 is 0 Å². The van der Waals surface area contributed by atoms with Gasteiger partial charge in [-0.3, -0.25) is 9.36 Å². The van der Waals surface area contributed by atoms with Crippen molar-refractivity contribution in [2.24, 2.45) is 0 Å². The van der Waals surface area contributed by atoms with Crippen LogP contribution in [0.4, 0.5) is 0 Å². The Morgan fingerprint density at radius 3 is 2.58 bits per heavy atom. The van der Waals surface area contributed by atoms with Crippen LogP contribution in [0.3, 0.4) is 0 Å². The maximum Gasteiger partial charge on any atom is 0.191 e. The average molecular weight is 436 g/mol. The Kier molecular flexibility index (Phi) is 5.82. The van der Waals surface area contributed by atoms with E-state index in [9.17, 15) is 4.79 Å². The zero-order valence-electron chi connectivity index (χ0n) is 18.3. The van der Waals surface area contributed by atoms with E-state index in [1.807, 2.05) is 54.2 Å². The highest BCUT2D eigenvalue weighted by atomic mass is 32.2. The summed E-state index contributed by atoms with van der Waals surface area (Å²) >= 11 is 1.41. The van der Waals surface area contributed by atoms with Gasteiger partial charge in [0.05, 0.1) is 5.75 Å². The first-order valence-electron chi connectivity index (χ1n) is 10.2. The van der Waals surface area contributed by atoms with Gasteiger partial charge in [0.1, 0.15) is 5.76 Å². The number of ketones is 1. The molecule has 0 spiro atoms. The van der Waals surface area contributed by atoms with E-state index in [0.717, 1.165) is 40.2 Å². The van der Waals surface area contributed by atoms with E-state index in [-0.39, 0.29) is 11.5 Å². The lowest BCUT2D eigenvalue weighted by Gasteiger charge is -2.08. The number of nitrogens with zero attached hydrogens (tertiary/aromatic N) is 5. The number of benzene rings is 1. The minimum Gasteiger partial charge on any atom is -0.360 e. The van der Waals surface area contributed by atoms with Crippen molar-refractivity contribution in [1.82, 2.24) is 24.5 Å². The minimum atomic E-state index is 0.0484. The monoisotopic (exact) mass is 435 g/mol. The van der Waals surface area contributed by atoms with E-state index in [1.165, 1.54) is 17.3 Å². The van der Waals surface area contributed by atoms with Crippen molar-refractivity contribution >= 4 is 17.5 Å². The molecule has 0 unspecified atom stereocenters. The van der Waals surface area contributed by atoms with Crippen LogP contribution in [-0.4, -0.2) is 36.0 Å². The van der Waals surface area contributed by atoms with E-state index in [0.29, 0.717) is 11.4 Å². The molecule has 0 aliphatic carbocycles. The predicted molar refractivity (Wildman–Crippen MR) is 121 cm³/mol. The summed E-state index contributed by atoms with van der Waals surface area (Å²) in [6, 6.07) is 12.0. The van der Waals surface area contributed by atoms with Gasteiger partial charge in [0.25, 0.3) is 0 Å². The molecule has 0 aliphatic heterocycles. The third-order valence-corrected chi connectivity index (χ3v) is 6.18. The molecule has 7 nitrogen and oxygen atoms in total. The summed E-state index contributed by atoms with van der Waals surface area (Å²) in [7, 11) is 0. The van der Waals surface area contributed by atoms with Crippen molar-refractivity contribution < 1.29 is 9.32 Å². The fourth-order valence-corrected chi connectivity index (χ4v) is 4.63. The first-order valence-corrected chi connectivity index (χ1v) is 11.2. The van der Waals surface area contributed by atoms with Crippen LogP contribution in [0.2, 0.25) is 0 Å². The lowest BCUT2D eigenvalue weighted by atomic mass is 10.1. The number of hydrogen-bond donors (Lipinski definition) is 0. The van der Waals surface area contributed by atoms with Crippen LogP contribution in [0.5, 0.6) is 0 Å². The topological polar surface area (TPSA) is 78.7 Å². The molecule has 1 aromatic carbocycles. The van der Waals surface area contributed by atoms with E-state index in [2.05, 4.69) is 41.3 Å². The molecule has 3 heterocycles. The van der Waals surface area contributed by atoms with Gasteiger partial charge in [0, 0.05) is 35.1 Å². The highest BCUT2D eigenvalue weighted by Crippen LogP contribution is 2.27. The first kappa shape index (κ1) is 21.1. The number of rotatable bonds is 7. The third-order valence-electron chi connectivity index (χ3n) is 5.22. The molecule has 4 aromatic rings. The Balaban J connectivity index is 1.55. The molecule has 0 fully saturated rings. The Morgan fingerprint density at radius 2 is 1.90 bits per heavy atom. The molecule has 4 rings (SSSR count). The second kappa shape index (κ2) is 8.55. The molecular weight excluding hydrogens is 410 g/mol. The molecule has 0 aliphatic rings. The number of carbonyl (C=O) groups excluding carboxylic acids is 1. The van der Waals surface area contributed by atoms with Crippen molar-refractivity contribution in [2.75, 3.05) is 5.75 Å². The van der Waals surface area contributed by atoms with Gasteiger partial charge in [-0.15, -0.1) is 10.2 Å². The van der Waals surface area contributed by atoms with Gasteiger partial charge < -0.3 is 9.09 Å². The van der Waals surface area contributed by atoms with Crippen molar-refractivity contribution in [3.63, 3.8) is 0 Å². The molecule has 8 heteroatoms. The molecule has 0 radical (unpaired) electrons. The van der Waals surface area contributed by atoms with Crippen LogP contribution in [0, 0.1) is 27.7 Å². The normalized spacial score (nSPS) is 11.3. The van der Waals surface area contributed by atoms with Gasteiger partial charge in [0.2, 0.25) is 0 Å². The summed E-state index contributed by atoms with van der Waals surface area (Å²) in [4.78, 5) is 13.0. The van der Waals surface area contributed by atoms with E-state index < -0.39 is 0 Å². The standard InChI is InChI=1S/C23H25N5O2S/c1-6-27-22(18-9-7-8-14(2)10-18)24-25-23(27)31-13-20(29)19-11-15(3)28(17(19)5)21-12-16(4)30-26-21/h7-12H,6,13H2,1-5H3. The number of Topliss-reactive ketones (excluding diaryl/α,β-unsaturated/α-hetero) is 1. The molecular formula is C23H25N5O2S. The molecule has 0 atom stereocenters. The molecule has 31 heavy (non-hydrogen) atoms. The number of hydrogen-bond acceptors (Lipinski definition) is 6. The van der Waals surface area contributed by atoms with Gasteiger partial charge in [-0.2, -0.15) is 0 Å². The van der Waals surface area contributed by atoms with Gasteiger partial charge in [-0.1, -0.05) is 40.7 Å². The summed E-state index contributed by atoms with van der Waals surface area (Å²) in [6.45, 7) is 10.6. The minimum absolute atomic E-state index is 0.0484. The van der Waals surface area contributed by atoms with Crippen LogP contribution < -0.4 is 0 Å². The molecule has 0 N–H and O–H groups in total. The fraction of sp³-hybridized carbons (Fsp3) is 0.304. The van der Waals surface area contributed by atoms with Crippen molar-refractivity contribution in [1.29, 1.82) is 0 Å². The van der Waals surface area contributed by atoms with E-state index in [1.54, 1.807) is 0 Å². The Labute approximate surface area is 185 Å². The predicted octanol–water partition coefficient (Wildman–Crippen LogP) is 4.95. The number of aromatic nitrogens is 5. The van der Waals surface area contributed by atoms with E-state index >= 15 is 0 Å². The van der Waals surface area contributed by atoms with Crippen molar-refractivity contribution in [3.05, 3.63) is 64.7 Å². The first-order chi connectivity index (χ1) is 14.9. The van der Waals surface area contributed by atoms with Crippen molar-refractivity contribution in [3.8, 4) is 17.2 Å². The molecule has 160 valence electrons. The molecule has 0 saturated carbocycles. The summed E-state index contributed by atoms with van der Waals surface area (Å²) in [5.41, 5.74) is 4.68. The largest absolute Gasteiger partial charge is 0.360 e. The van der Waals surface area contributed by atoms with E-state index in [4.69, 9.17) is 4.52 Å². The second-order valence-corrected chi connectivity index (χ2v) is 8.49. The van der Waals surface area contributed by atoms with Crippen LogP contribution in [0.25, 0.3) is 17.2 Å². The number of aryl methyl sites for hydroxylation is 3. The second-order valence-electron chi connectivity index (χ2n) is 7.55. The average Bonchev–Trinajstić information content (AvgIpc) is 3.43. The number of thioether (sulfide) groups is 1. The van der Waals surface area contributed by atoms with Crippen LogP contribution >= 0.6 is 11.8 Å². The molecule has 0 bridgehead atoms. The zero-order valence-corrected chi connectivity index (χ0v) is 19.2. The Morgan fingerprint density at radius 1 is 1.10 bits per heavy atom. The van der Waals surface area contributed by atoms with Gasteiger partial charge in [-0.05, 0) is 46.8 Å². The van der Waals surface area contributed by atoms with Crippen LogP contribution in [-0.2, 0) is 6.54 Å². The third kappa shape index (κ3) is 4.07. The van der Waals surface area contributed by atoms with Gasteiger partial charge in [0.15, 0.2) is 22.6 Å². The van der Waals surface area contributed by atoms with Crippen LogP contribution in [0.15, 0.2) is 46.1 Å². The maximum absolute atomic E-state index is 13.0. The summed E-state index contributed by atoms with van der Waals surface area (Å²) in [6.07, 6.45) is 0. The highest BCUT2D eigenvalue weighted by molar-refractivity contribution is 7.99. The Hall–Kier alpha value is -3.13. The SMILES string of the molecule is CCn1c(SCC(=O)c2cc(C)n(-c3cc(C)on3)c2C)nnc1-c1cccc(C)c1. The summed E-state index contributed by atoms with van der Waals surface area (Å²) in [5.74, 6) is 2.57. The van der Waals surface area contributed by atoms with Crippen molar-refractivity contribution in [2.45, 2.75) is 46.3 Å². The number of carbonyl (C=O) groups is 1. The molecule has 0 amide bonds. The zero-order chi connectivity index (χ0) is 22.1. The lowest BCUT2D eigenvalue weighted by molar-refractivity contribution is 0.102. The smallest absolute Gasteiger partial charge is 0.191 e. The summed E-state index contributed by atoms with van der Waals surface area (Å²) in [5, 5.41) is 13.6. The molecule has 0 saturated heterocycles. The van der Waals surface area contributed by atoms with Crippen LogP contribution in [0.1, 0.15) is 40.0 Å². The Bertz CT molecular complexity index is 1250. The summed E-state index contributed by atoms with van der Waals surface area (Å²) < 4.78 is 9.19. The van der Waals surface area contributed by atoms with Gasteiger partial charge in [-0.25, -0.2) is 0 Å². The fourth-order valence-electron chi connectivity index (χ4n) is 3.74. The quantitative estimate of drug-likeness (QED) is 0.302. The molecule has 3 aromatic heterocycles. The maximum atomic E-state index is 13.0. The highest BCUT2D eigenvalue weighted by Gasteiger charge is 2.20. The lowest BCUT2D eigenvalue weighted by Crippen LogP contribution is -2.07.